The van der Waals surface area contributed by atoms with E-state index < -0.39 is 8.61 Å². The van der Waals surface area contributed by atoms with Crippen molar-refractivity contribution >= 4 is 20.4 Å². The second kappa shape index (κ2) is 2.23. The van der Waals surface area contributed by atoms with Crippen molar-refractivity contribution < 1.29 is 14.2 Å². The van der Waals surface area contributed by atoms with Crippen LogP contribution in [0.1, 0.15) is 12.8 Å². The van der Waals surface area contributed by atoms with Crippen LogP contribution in [0.25, 0.3) is 0 Å². The second-order valence-electron chi connectivity index (χ2n) is 1.68. The fourth-order valence-corrected chi connectivity index (χ4v) is 1.04. The fourth-order valence-electron chi connectivity index (χ4n) is 0.656. The van der Waals surface area contributed by atoms with Crippen LogP contribution >= 0.6 is 8.61 Å². The third-order valence-corrected chi connectivity index (χ3v) is 1.72. The summed E-state index contributed by atoms with van der Waals surface area (Å²) in [6.07, 6.45) is 0.405. The van der Waals surface area contributed by atoms with Gasteiger partial charge in [0.05, 0.1) is 0 Å². The lowest BCUT2D eigenvalue weighted by Gasteiger charge is -1.97. The highest BCUT2D eigenvalue weighted by molar-refractivity contribution is 7.23. The van der Waals surface area contributed by atoms with Crippen molar-refractivity contribution in [3.05, 3.63) is 0 Å². The molecule has 0 spiro atoms. The molecule has 1 saturated heterocycles. The Balaban J connectivity index is 2.77. The summed E-state index contributed by atoms with van der Waals surface area (Å²) in [6, 6.07) is 0. The molecular weight excluding hydrogens is 141 g/mol. The SMILES string of the molecule is O=PN1C(=O)CCC1=O. The summed E-state index contributed by atoms with van der Waals surface area (Å²) in [7, 11) is -0.505. The molecule has 0 aromatic rings. The van der Waals surface area contributed by atoms with E-state index in [2.05, 4.69) is 0 Å². The lowest BCUT2D eigenvalue weighted by atomic mass is 10.4. The van der Waals surface area contributed by atoms with Gasteiger partial charge in [0.25, 0.3) is 8.61 Å². The standard InChI is InChI=1S/C4H4NO3P/c6-3-1-2-4(7)5(3)9-8/h1-2H2. The third kappa shape index (κ3) is 0.980. The van der Waals surface area contributed by atoms with E-state index >= 15 is 0 Å². The maximum atomic E-state index is 10.5. The van der Waals surface area contributed by atoms with E-state index in [-0.39, 0.29) is 24.7 Å². The topological polar surface area (TPSA) is 54.5 Å². The van der Waals surface area contributed by atoms with Crippen molar-refractivity contribution in [1.82, 2.24) is 4.67 Å². The molecule has 48 valence electrons. The number of amides is 2. The average molecular weight is 145 g/mol. The van der Waals surface area contributed by atoms with Gasteiger partial charge in [-0.1, -0.05) is 0 Å². The van der Waals surface area contributed by atoms with Gasteiger partial charge in [-0.25, -0.2) is 4.57 Å². The van der Waals surface area contributed by atoms with E-state index in [1.165, 1.54) is 0 Å². The number of hydrogen-bond acceptors (Lipinski definition) is 3. The summed E-state index contributed by atoms with van der Waals surface area (Å²) < 4.78 is 10.7. The van der Waals surface area contributed by atoms with E-state index in [0.29, 0.717) is 4.67 Å². The van der Waals surface area contributed by atoms with Crippen molar-refractivity contribution in [2.24, 2.45) is 0 Å². The summed E-state index contributed by atoms with van der Waals surface area (Å²) in [5.41, 5.74) is 0. The first-order valence-electron chi connectivity index (χ1n) is 2.45. The van der Waals surface area contributed by atoms with E-state index in [9.17, 15) is 14.2 Å². The number of imide groups is 1. The second-order valence-corrected chi connectivity index (χ2v) is 2.24. The van der Waals surface area contributed by atoms with Gasteiger partial charge in [0, 0.05) is 12.8 Å². The number of rotatable bonds is 1. The van der Waals surface area contributed by atoms with Gasteiger partial charge in [0.2, 0.25) is 11.8 Å². The molecule has 0 radical (unpaired) electrons. The first kappa shape index (κ1) is 6.36. The van der Waals surface area contributed by atoms with Crippen molar-refractivity contribution in [3.8, 4) is 0 Å². The Morgan fingerprint density at radius 3 is 1.89 bits per heavy atom. The van der Waals surface area contributed by atoms with Crippen LogP contribution in [0.3, 0.4) is 0 Å². The first-order valence-corrected chi connectivity index (χ1v) is 3.21. The Kier molecular flexibility index (Phi) is 1.58. The molecule has 5 heteroatoms. The van der Waals surface area contributed by atoms with Gasteiger partial charge < -0.3 is 0 Å². The van der Waals surface area contributed by atoms with Crippen molar-refractivity contribution in [3.63, 3.8) is 0 Å². The Bertz CT molecular complexity index is 163. The first-order chi connectivity index (χ1) is 4.25. The quantitative estimate of drug-likeness (QED) is 0.395. The van der Waals surface area contributed by atoms with Crippen LogP contribution in [0.5, 0.6) is 0 Å². The van der Waals surface area contributed by atoms with Crippen LogP contribution in [0.2, 0.25) is 0 Å². The van der Waals surface area contributed by atoms with Crippen molar-refractivity contribution in [2.45, 2.75) is 12.8 Å². The molecule has 0 unspecified atom stereocenters. The molecule has 1 aliphatic rings. The highest BCUT2D eigenvalue weighted by Crippen LogP contribution is 2.18. The molecule has 1 fully saturated rings. The smallest absolute Gasteiger partial charge is 0.274 e. The highest BCUT2D eigenvalue weighted by Gasteiger charge is 2.28. The molecule has 4 nitrogen and oxygen atoms in total. The maximum Gasteiger partial charge on any atom is 0.291 e. The highest BCUT2D eigenvalue weighted by atomic mass is 31.1. The number of nitrogens with zero attached hydrogens (tertiary/aromatic N) is 1. The minimum absolute atomic E-state index is 0.202. The lowest BCUT2D eigenvalue weighted by Crippen LogP contribution is -2.17. The summed E-state index contributed by atoms with van der Waals surface area (Å²) in [5, 5.41) is 0. The molecule has 1 heterocycles. The monoisotopic (exact) mass is 145 g/mol. The Morgan fingerprint density at radius 2 is 1.67 bits per heavy atom. The molecule has 1 aliphatic heterocycles. The summed E-state index contributed by atoms with van der Waals surface area (Å²) in [4.78, 5) is 21.0. The van der Waals surface area contributed by atoms with Gasteiger partial charge in [0.15, 0.2) is 0 Å². The predicted molar refractivity (Wildman–Crippen MR) is 28.7 cm³/mol. The van der Waals surface area contributed by atoms with Crippen molar-refractivity contribution in [1.29, 1.82) is 0 Å². The van der Waals surface area contributed by atoms with Crippen LogP contribution in [0.15, 0.2) is 0 Å². The molecule has 0 atom stereocenters. The largest absolute Gasteiger partial charge is 0.291 e. The molecule has 0 N–H and O–H groups in total. The molecule has 0 aliphatic carbocycles. The van der Waals surface area contributed by atoms with Gasteiger partial charge in [0.1, 0.15) is 0 Å². The zero-order chi connectivity index (χ0) is 6.85. The maximum absolute atomic E-state index is 10.5. The van der Waals surface area contributed by atoms with Crippen molar-refractivity contribution in [2.75, 3.05) is 0 Å². The molecule has 1 rings (SSSR count). The van der Waals surface area contributed by atoms with Crippen LogP contribution < -0.4 is 0 Å². The molecule has 0 saturated carbocycles. The Hall–Kier alpha value is -0.760. The van der Waals surface area contributed by atoms with Crippen LogP contribution in [-0.4, -0.2) is 16.5 Å². The minimum atomic E-state index is -0.505. The average Bonchev–Trinajstić information content (AvgIpc) is 2.12. The van der Waals surface area contributed by atoms with Crippen LogP contribution in [0.4, 0.5) is 0 Å². The number of hydrogen-bond donors (Lipinski definition) is 0. The summed E-state index contributed by atoms with van der Waals surface area (Å²) >= 11 is 0. The third-order valence-electron chi connectivity index (χ3n) is 1.11. The Labute approximate surface area is 53.1 Å². The van der Waals surface area contributed by atoms with Gasteiger partial charge >= 0.3 is 0 Å². The molecule has 2 amide bonds. The normalized spacial score (nSPS) is 19.8. The van der Waals surface area contributed by atoms with E-state index in [1.807, 2.05) is 0 Å². The van der Waals surface area contributed by atoms with Gasteiger partial charge in [-0.3, -0.25) is 9.59 Å². The summed E-state index contributed by atoms with van der Waals surface area (Å²) in [5.74, 6) is -0.701. The molecule has 0 bridgehead atoms. The Morgan fingerprint density at radius 1 is 1.22 bits per heavy atom. The van der Waals surface area contributed by atoms with Gasteiger partial charge in [-0.2, -0.15) is 4.67 Å². The van der Waals surface area contributed by atoms with Crippen LogP contribution in [-0.2, 0) is 14.2 Å². The predicted octanol–water partition coefficient (Wildman–Crippen LogP) is 0.342. The molecular formula is C4H4NO3P. The zero-order valence-corrected chi connectivity index (χ0v) is 5.43. The summed E-state index contributed by atoms with van der Waals surface area (Å²) in [6.45, 7) is 0. The lowest BCUT2D eigenvalue weighted by molar-refractivity contribution is -0.132. The molecule has 0 aromatic heterocycles. The molecule has 0 aromatic carbocycles. The van der Waals surface area contributed by atoms with Gasteiger partial charge in [-0.15, -0.1) is 0 Å². The minimum Gasteiger partial charge on any atom is -0.274 e. The zero-order valence-electron chi connectivity index (χ0n) is 4.53. The van der Waals surface area contributed by atoms with E-state index in [1.54, 1.807) is 0 Å². The van der Waals surface area contributed by atoms with E-state index in [4.69, 9.17) is 0 Å². The number of carbonyl (C=O) groups is 2. The van der Waals surface area contributed by atoms with Gasteiger partial charge in [-0.05, 0) is 0 Å². The van der Waals surface area contributed by atoms with E-state index in [0.717, 1.165) is 0 Å². The fraction of sp³-hybridized carbons (Fsp3) is 0.500. The van der Waals surface area contributed by atoms with Crippen LogP contribution in [0, 0.1) is 0 Å². The number of carbonyl (C=O) groups excluding carboxylic acids is 2. The molecule has 9 heavy (non-hydrogen) atoms.